The van der Waals surface area contributed by atoms with Crippen LogP contribution in [-0.2, 0) is 17.8 Å². The Balaban J connectivity index is 1.66. The van der Waals surface area contributed by atoms with Crippen molar-refractivity contribution in [3.8, 4) is 22.3 Å². The Morgan fingerprint density at radius 3 is 2.40 bits per heavy atom. The van der Waals surface area contributed by atoms with Crippen LogP contribution in [0.3, 0.4) is 0 Å². The highest BCUT2D eigenvalue weighted by Gasteiger charge is 2.27. The summed E-state index contributed by atoms with van der Waals surface area (Å²) in [5.74, 6) is 0.0372. The number of fused-ring (bicyclic) bond motifs is 1. The summed E-state index contributed by atoms with van der Waals surface area (Å²) >= 11 is 0. The van der Waals surface area contributed by atoms with Crippen LogP contribution in [0.15, 0.2) is 59.8 Å². The third kappa shape index (κ3) is 3.98. The van der Waals surface area contributed by atoms with Gasteiger partial charge in [-0.15, -0.1) is 0 Å². The monoisotopic (exact) mass is 413 g/mol. The molecule has 0 N–H and O–H groups in total. The highest BCUT2D eigenvalue weighted by atomic mass is 19.4. The Hall–Kier alpha value is -3.42. The van der Waals surface area contributed by atoms with Crippen LogP contribution in [0, 0.1) is 0 Å². The molecular formula is C22H18F3N3O2. The summed E-state index contributed by atoms with van der Waals surface area (Å²) in [7, 11) is 1.74. The predicted octanol–water partition coefficient (Wildman–Crippen LogP) is 4.05. The Bertz CT molecular complexity index is 1180. The lowest BCUT2D eigenvalue weighted by Crippen LogP contribution is -2.22. The molecule has 1 aliphatic rings. The summed E-state index contributed by atoms with van der Waals surface area (Å²) in [6, 6.07) is 10.4. The molecule has 0 bridgehead atoms. The molecule has 1 amide bonds. The zero-order valence-electron chi connectivity index (χ0n) is 16.1. The maximum absolute atomic E-state index is 12.5. The third-order valence-electron chi connectivity index (χ3n) is 5.18. The third-order valence-corrected chi connectivity index (χ3v) is 5.18. The molecule has 0 saturated heterocycles. The number of likely N-dealkylation sites (N-methyl/N-ethyl adjacent to an activating group) is 1. The number of anilines is 1. The van der Waals surface area contributed by atoms with Crippen molar-refractivity contribution < 1.29 is 18.0 Å². The molecule has 0 saturated carbocycles. The molecule has 3 aromatic rings. The van der Waals surface area contributed by atoms with E-state index in [0.717, 1.165) is 26.9 Å². The van der Waals surface area contributed by atoms with Crippen LogP contribution in [0.25, 0.3) is 22.3 Å². The summed E-state index contributed by atoms with van der Waals surface area (Å²) in [6.45, 7) is -0.435. The number of aryl methyl sites for hydroxylation is 1. The highest BCUT2D eigenvalue weighted by molar-refractivity contribution is 6.01. The molecule has 154 valence electrons. The Morgan fingerprint density at radius 2 is 1.67 bits per heavy atom. The minimum Gasteiger partial charge on any atom is -0.315 e. The van der Waals surface area contributed by atoms with Crippen molar-refractivity contribution in [2.24, 2.45) is 0 Å². The van der Waals surface area contributed by atoms with E-state index in [4.69, 9.17) is 0 Å². The molecule has 0 unspecified atom stereocenters. The van der Waals surface area contributed by atoms with Crippen molar-refractivity contribution >= 4 is 11.6 Å². The second-order valence-electron chi connectivity index (χ2n) is 7.25. The minimum atomic E-state index is -4.33. The van der Waals surface area contributed by atoms with Crippen LogP contribution in [-0.4, -0.2) is 28.7 Å². The van der Waals surface area contributed by atoms with Gasteiger partial charge in [-0.1, -0.05) is 6.07 Å². The van der Waals surface area contributed by atoms with Crippen molar-refractivity contribution in [1.29, 1.82) is 0 Å². The van der Waals surface area contributed by atoms with Crippen LogP contribution in [0.1, 0.15) is 12.0 Å². The van der Waals surface area contributed by atoms with Crippen molar-refractivity contribution in [2.45, 2.75) is 25.6 Å². The lowest BCUT2D eigenvalue weighted by atomic mass is 10.0. The van der Waals surface area contributed by atoms with Gasteiger partial charge in [0.2, 0.25) is 5.91 Å². The van der Waals surface area contributed by atoms with Crippen LogP contribution < -0.4 is 10.5 Å². The quantitative estimate of drug-likeness (QED) is 0.649. The van der Waals surface area contributed by atoms with E-state index in [0.29, 0.717) is 17.5 Å². The van der Waals surface area contributed by atoms with Crippen molar-refractivity contribution in [1.82, 2.24) is 9.55 Å². The Kier molecular flexibility index (Phi) is 4.93. The summed E-state index contributed by atoms with van der Waals surface area (Å²) < 4.78 is 38.7. The maximum atomic E-state index is 12.5. The SMILES string of the molecule is CN1C(=O)Cc2cc(-c3cncc(-c4ccc(=O)n(CCC(F)(F)F)c4)c3)ccc21. The van der Waals surface area contributed by atoms with Gasteiger partial charge in [-0.05, 0) is 41.0 Å². The van der Waals surface area contributed by atoms with E-state index in [9.17, 15) is 22.8 Å². The summed E-state index contributed by atoms with van der Waals surface area (Å²) in [5.41, 5.74) is 4.31. The first-order valence-electron chi connectivity index (χ1n) is 9.34. The van der Waals surface area contributed by atoms with E-state index in [1.54, 1.807) is 30.4 Å². The Morgan fingerprint density at radius 1 is 0.967 bits per heavy atom. The van der Waals surface area contributed by atoms with Gasteiger partial charge in [0.25, 0.3) is 5.56 Å². The number of alkyl halides is 3. The van der Waals surface area contributed by atoms with Crippen molar-refractivity contribution in [3.63, 3.8) is 0 Å². The molecule has 1 aliphatic heterocycles. The fourth-order valence-electron chi connectivity index (χ4n) is 3.53. The van der Waals surface area contributed by atoms with Crippen LogP contribution in [0.4, 0.5) is 18.9 Å². The van der Waals surface area contributed by atoms with Crippen LogP contribution in [0.2, 0.25) is 0 Å². The highest BCUT2D eigenvalue weighted by Crippen LogP contribution is 2.33. The van der Waals surface area contributed by atoms with E-state index in [-0.39, 0.29) is 5.91 Å². The number of nitrogens with zero attached hydrogens (tertiary/aromatic N) is 3. The fourth-order valence-corrected chi connectivity index (χ4v) is 3.53. The average molecular weight is 413 g/mol. The second kappa shape index (κ2) is 7.44. The number of hydrogen-bond acceptors (Lipinski definition) is 3. The van der Waals surface area contributed by atoms with Gasteiger partial charge >= 0.3 is 6.18 Å². The zero-order valence-corrected chi connectivity index (χ0v) is 16.1. The van der Waals surface area contributed by atoms with Gasteiger partial charge in [0.1, 0.15) is 0 Å². The van der Waals surface area contributed by atoms with E-state index < -0.39 is 24.7 Å². The molecule has 8 heteroatoms. The van der Waals surface area contributed by atoms with Crippen molar-refractivity contribution in [3.05, 3.63) is 70.9 Å². The van der Waals surface area contributed by atoms with E-state index >= 15 is 0 Å². The number of carbonyl (C=O) groups excluding carboxylic acids is 1. The molecule has 30 heavy (non-hydrogen) atoms. The molecule has 3 heterocycles. The van der Waals surface area contributed by atoms with Gasteiger partial charge in [-0.2, -0.15) is 13.2 Å². The van der Waals surface area contributed by atoms with Gasteiger partial charge < -0.3 is 9.47 Å². The van der Waals surface area contributed by atoms with Gasteiger partial charge in [0, 0.05) is 55.1 Å². The molecular weight excluding hydrogens is 395 g/mol. The molecule has 0 fully saturated rings. The first-order chi connectivity index (χ1) is 14.2. The molecule has 0 radical (unpaired) electrons. The van der Waals surface area contributed by atoms with E-state index in [1.165, 1.54) is 12.3 Å². The molecule has 0 atom stereocenters. The lowest BCUT2D eigenvalue weighted by molar-refractivity contribution is -0.136. The van der Waals surface area contributed by atoms with E-state index in [1.807, 2.05) is 24.3 Å². The molecule has 0 aliphatic carbocycles. The Labute approximate surface area is 170 Å². The molecule has 2 aromatic heterocycles. The summed E-state index contributed by atoms with van der Waals surface area (Å²) in [4.78, 5) is 29.7. The first kappa shape index (κ1) is 19.9. The van der Waals surface area contributed by atoms with Crippen molar-refractivity contribution in [2.75, 3.05) is 11.9 Å². The predicted molar refractivity (Wildman–Crippen MR) is 107 cm³/mol. The maximum Gasteiger partial charge on any atom is 0.390 e. The zero-order chi connectivity index (χ0) is 21.5. The lowest BCUT2D eigenvalue weighted by Gasteiger charge is -2.12. The van der Waals surface area contributed by atoms with Gasteiger partial charge in [0.15, 0.2) is 0 Å². The van der Waals surface area contributed by atoms with Crippen LogP contribution >= 0.6 is 0 Å². The molecule has 5 nitrogen and oxygen atoms in total. The second-order valence-corrected chi connectivity index (χ2v) is 7.25. The number of halogens is 3. The molecule has 0 spiro atoms. The largest absolute Gasteiger partial charge is 0.390 e. The average Bonchev–Trinajstić information content (AvgIpc) is 3.00. The number of benzene rings is 1. The molecule has 1 aromatic carbocycles. The number of amides is 1. The smallest absolute Gasteiger partial charge is 0.315 e. The topological polar surface area (TPSA) is 55.2 Å². The van der Waals surface area contributed by atoms with Gasteiger partial charge in [0.05, 0.1) is 12.8 Å². The number of pyridine rings is 2. The number of hydrogen-bond donors (Lipinski definition) is 0. The van der Waals surface area contributed by atoms with Gasteiger partial charge in [-0.3, -0.25) is 14.6 Å². The minimum absolute atomic E-state index is 0.0372. The fraction of sp³-hybridized carbons (Fsp3) is 0.227. The summed E-state index contributed by atoms with van der Waals surface area (Å²) in [6.07, 6.45) is -0.355. The normalized spacial score (nSPS) is 13.6. The van der Waals surface area contributed by atoms with Gasteiger partial charge in [-0.25, -0.2) is 0 Å². The number of aromatic nitrogens is 2. The number of rotatable bonds is 4. The first-order valence-corrected chi connectivity index (χ1v) is 9.34. The van der Waals surface area contributed by atoms with Crippen LogP contribution in [0.5, 0.6) is 0 Å². The standard InChI is InChI=1S/C22H18F3N3O2/c1-27-19-4-2-14(8-16(19)10-21(27)30)17-9-18(12-26-11-17)15-3-5-20(29)28(13-15)7-6-22(23,24)25/h2-5,8-9,11-13H,6-7,10H2,1H3. The number of carbonyl (C=O) groups is 1. The summed E-state index contributed by atoms with van der Waals surface area (Å²) in [5, 5.41) is 0. The van der Waals surface area contributed by atoms with E-state index in [2.05, 4.69) is 4.98 Å². The molecule has 4 rings (SSSR count).